The van der Waals surface area contributed by atoms with Crippen molar-refractivity contribution in [3.05, 3.63) is 71.1 Å². The zero-order valence-electron chi connectivity index (χ0n) is 18.8. The van der Waals surface area contributed by atoms with Crippen LogP contribution in [0.3, 0.4) is 0 Å². The van der Waals surface area contributed by atoms with Gasteiger partial charge < -0.3 is 5.32 Å². The number of anilines is 1. The van der Waals surface area contributed by atoms with Gasteiger partial charge in [-0.15, -0.1) is 0 Å². The van der Waals surface area contributed by atoms with Crippen LogP contribution in [0.15, 0.2) is 59.6 Å². The highest BCUT2D eigenvalue weighted by Gasteiger charge is 2.17. The predicted octanol–water partition coefficient (Wildman–Crippen LogP) is 2.93. The Labute approximate surface area is 203 Å². The van der Waals surface area contributed by atoms with Crippen molar-refractivity contribution >= 4 is 46.4 Å². The zero-order chi connectivity index (χ0) is 24.3. The molecule has 0 aliphatic carbocycles. The second-order valence-electron chi connectivity index (χ2n) is 8.01. The van der Waals surface area contributed by atoms with Crippen molar-refractivity contribution < 1.29 is 12.8 Å². The maximum absolute atomic E-state index is 13.5. The molecule has 176 valence electrons. The van der Waals surface area contributed by atoms with Crippen molar-refractivity contribution in [2.45, 2.75) is 24.7 Å². The molecule has 0 aliphatic rings. The molecule has 4 rings (SSSR count). The van der Waals surface area contributed by atoms with Crippen LogP contribution in [-0.4, -0.2) is 44.0 Å². The lowest BCUT2D eigenvalue weighted by Crippen LogP contribution is -2.26. The highest BCUT2D eigenvalue weighted by molar-refractivity contribution is 7.89. The molecule has 4 aromatic rings. The minimum atomic E-state index is -3.76. The number of unbranched alkanes of at least 4 members (excludes halogenated alkanes) is 1. The van der Waals surface area contributed by atoms with Gasteiger partial charge in [-0.2, -0.15) is 9.61 Å². The Balaban J connectivity index is 1.39. The molecule has 2 aromatic carbocycles. The van der Waals surface area contributed by atoms with Gasteiger partial charge in [0.1, 0.15) is 19.5 Å². The van der Waals surface area contributed by atoms with Gasteiger partial charge in [0.25, 0.3) is 0 Å². The molecule has 7 nitrogen and oxygen atoms in total. The first-order chi connectivity index (χ1) is 16.3. The Morgan fingerprint density at radius 1 is 1.12 bits per heavy atom. The summed E-state index contributed by atoms with van der Waals surface area (Å²) in [7, 11) is -1.82. The van der Waals surface area contributed by atoms with Gasteiger partial charge in [0.15, 0.2) is 5.65 Å². The number of aryl methyl sites for hydroxylation is 1. The van der Waals surface area contributed by atoms with Gasteiger partial charge in [0.2, 0.25) is 10.0 Å². The number of hydrogen-bond acceptors (Lipinski definition) is 5. The van der Waals surface area contributed by atoms with Gasteiger partial charge in [-0.1, -0.05) is 35.9 Å². The van der Waals surface area contributed by atoms with Crippen molar-refractivity contribution in [3.63, 3.8) is 0 Å². The number of nitrogens with one attached hydrogen (secondary N) is 2. The molecule has 2 aromatic heterocycles. The van der Waals surface area contributed by atoms with Crippen LogP contribution in [0.1, 0.15) is 18.4 Å². The molecular formula is C23H24BClFN5O2S. The third-order valence-corrected chi connectivity index (χ3v) is 7.37. The summed E-state index contributed by atoms with van der Waals surface area (Å²) < 4.78 is 42.7. The average molecular weight is 500 g/mol. The number of sulfonamides is 1. The summed E-state index contributed by atoms with van der Waals surface area (Å²) in [6, 6.07) is 13.2. The molecule has 34 heavy (non-hydrogen) atoms. The fraction of sp³-hybridized carbons (Fsp3) is 0.217. The van der Waals surface area contributed by atoms with Crippen LogP contribution in [0.25, 0.3) is 16.9 Å². The summed E-state index contributed by atoms with van der Waals surface area (Å²) in [4.78, 5) is 4.69. The van der Waals surface area contributed by atoms with Gasteiger partial charge in [0, 0.05) is 35.9 Å². The van der Waals surface area contributed by atoms with Gasteiger partial charge in [-0.25, -0.2) is 22.5 Å². The van der Waals surface area contributed by atoms with Gasteiger partial charge >= 0.3 is 0 Å². The van der Waals surface area contributed by atoms with Crippen LogP contribution in [0, 0.1) is 12.7 Å². The van der Waals surface area contributed by atoms with E-state index in [1.165, 1.54) is 12.1 Å². The molecule has 0 bridgehead atoms. The number of benzene rings is 2. The van der Waals surface area contributed by atoms with E-state index in [0.717, 1.165) is 34.3 Å². The molecule has 0 amide bonds. The topological polar surface area (TPSA) is 88.4 Å². The normalized spacial score (nSPS) is 11.7. The summed E-state index contributed by atoms with van der Waals surface area (Å²) in [5.41, 5.74) is 3.75. The number of rotatable bonds is 9. The van der Waals surface area contributed by atoms with Crippen LogP contribution in [-0.2, 0) is 10.0 Å². The maximum Gasteiger partial charge on any atom is 0.240 e. The monoisotopic (exact) mass is 499 g/mol. The Morgan fingerprint density at radius 3 is 2.68 bits per heavy atom. The van der Waals surface area contributed by atoms with E-state index >= 15 is 0 Å². The lowest BCUT2D eigenvalue weighted by atomic mass is 10.0. The molecule has 0 unspecified atom stereocenters. The van der Waals surface area contributed by atoms with Crippen molar-refractivity contribution in [2.24, 2.45) is 0 Å². The molecule has 11 heteroatoms. The van der Waals surface area contributed by atoms with Crippen LogP contribution < -0.4 is 15.5 Å². The third kappa shape index (κ3) is 5.24. The molecule has 0 atom stereocenters. The number of hydrogen-bond donors (Lipinski definition) is 2. The number of nitrogens with zero attached hydrogens (tertiary/aromatic N) is 3. The minimum Gasteiger partial charge on any atom is -0.370 e. The summed E-state index contributed by atoms with van der Waals surface area (Å²) in [6.45, 7) is 2.49. The largest absolute Gasteiger partial charge is 0.370 e. The molecular weight excluding hydrogens is 476 g/mol. The zero-order valence-corrected chi connectivity index (χ0v) is 20.4. The van der Waals surface area contributed by atoms with Crippen LogP contribution >= 0.6 is 11.6 Å². The van der Waals surface area contributed by atoms with Gasteiger partial charge in [-0.3, -0.25) is 0 Å². The smallest absolute Gasteiger partial charge is 0.240 e. The number of fused-ring (bicyclic) bond motifs is 1. The Hall–Kier alpha value is -2.95. The highest BCUT2D eigenvalue weighted by Crippen LogP contribution is 2.28. The summed E-state index contributed by atoms with van der Waals surface area (Å²) in [6.07, 6.45) is 3.06. The molecule has 0 aliphatic heterocycles. The summed E-state index contributed by atoms with van der Waals surface area (Å²) >= 11 is 6.38. The highest BCUT2D eigenvalue weighted by atomic mass is 35.5. The van der Waals surface area contributed by atoms with E-state index in [0.29, 0.717) is 30.0 Å². The van der Waals surface area contributed by atoms with Crippen LogP contribution in [0.5, 0.6) is 0 Å². The van der Waals surface area contributed by atoms with Crippen LogP contribution in [0.4, 0.5) is 10.2 Å². The predicted molar refractivity (Wildman–Crippen MR) is 136 cm³/mol. The Bertz CT molecular complexity index is 1440. The van der Waals surface area contributed by atoms with E-state index in [9.17, 15) is 12.8 Å². The molecule has 0 fully saturated rings. The fourth-order valence-electron chi connectivity index (χ4n) is 3.62. The molecule has 0 radical (unpaired) electrons. The van der Waals surface area contributed by atoms with E-state index in [1.807, 2.05) is 38.2 Å². The summed E-state index contributed by atoms with van der Waals surface area (Å²) in [5.74, 6) is 0.188. The molecule has 0 spiro atoms. The van der Waals surface area contributed by atoms with E-state index in [2.05, 4.69) is 15.1 Å². The van der Waals surface area contributed by atoms with Crippen molar-refractivity contribution in [2.75, 3.05) is 18.4 Å². The molecule has 2 heterocycles. The van der Waals surface area contributed by atoms with Crippen molar-refractivity contribution in [3.8, 4) is 11.3 Å². The second kappa shape index (κ2) is 10.1. The van der Waals surface area contributed by atoms with Gasteiger partial charge in [-0.05, 0) is 49.0 Å². The van der Waals surface area contributed by atoms with E-state index in [-0.39, 0.29) is 11.4 Å². The minimum absolute atomic E-state index is 0.0362. The number of aromatic nitrogens is 3. The lowest BCUT2D eigenvalue weighted by molar-refractivity contribution is 0.573. The first kappa shape index (κ1) is 24.2. The van der Waals surface area contributed by atoms with E-state index in [4.69, 9.17) is 16.6 Å². The van der Waals surface area contributed by atoms with Crippen molar-refractivity contribution in [1.29, 1.82) is 0 Å². The fourth-order valence-corrected chi connectivity index (χ4v) is 5.18. The van der Waals surface area contributed by atoms with E-state index in [1.54, 1.807) is 17.6 Å². The van der Waals surface area contributed by atoms with Crippen molar-refractivity contribution in [1.82, 2.24) is 19.3 Å². The molecule has 0 saturated heterocycles. The van der Waals surface area contributed by atoms with E-state index < -0.39 is 15.8 Å². The molecule has 0 saturated carbocycles. The quantitative estimate of drug-likeness (QED) is 0.273. The lowest BCUT2D eigenvalue weighted by Gasteiger charge is -2.12. The van der Waals surface area contributed by atoms with Crippen LogP contribution in [0.2, 0.25) is 5.02 Å². The maximum atomic E-state index is 13.5. The number of halogens is 2. The Morgan fingerprint density at radius 2 is 1.88 bits per heavy atom. The Kier molecular flexibility index (Phi) is 7.20. The standard InChI is InChI=1S/C23H24BClFN5O2S/c1-15-8-9-16(26)12-21(15)34(32,33)29-11-5-4-10-27-22-13-20(17-6-2-3-7-19(17)25)30-23-18(24)14-28-31(22)23/h2-3,6-9,12-14,27,29H,4-5,10-11,24H2,1H3. The summed E-state index contributed by atoms with van der Waals surface area (Å²) in [5, 5.41) is 8.39. The SMILES string of the molecule is Bc1cnn2c(NCCCCNS(=O)(=O)c3cc(F)ccc3C)cc(-c3ccccc3Cl)nc12. The first-order valence-electron chi connectivity index (χ1n) is 10.9. The second-order valence-corrected chi connectivity index (χ2v) is 10.2. The van der Waals surface area contributed by atoms with Gasteiger partial charge in [0.05, 0.1) is 10.6 Å². The third-order valence-electron chi connectivity index (χ3n) is 5.44. The molecule has 2 N–H and O–H groups in total. The average Bonchev–Trinajstić information content (AvgIpc) is 3.18. The first-order valence-corrected chi connectivity index (χ1v) is 12.7.